The van der Waals surface area contributed by atoms with E-state index in [1.807, 2.05) is 13.8 Å². The summed E-state index contributed by atoms with van der Waals surface area (Å²) in [6.07, 6.45) is 3.62. The van der Waals surface area contributed by atoms with Gasteiger partial charge in [0.1, 0.15) is 5.78 Å². The molecule has 0 heterocycles. The van der Waals surface area contributed by atoms with Gasteiger partial charge in [-0.25, -0.2) is 0 Å². The van der Waals surface area contributed by atoms with E-state index in [1.54, 1.807) is 0 Å². The summed E-state index contributed by atoms with van der Waals surface area (Å²) in [6.45, 7) is 4.00. The van der Waals surface area contributed by atoms with Crippen molar-refractivity contribution < 1.29 is 4.79 Å². The third-order valence-electron chi connectivity index (χ3n) is 1.76. The molecule has 0 bridgehead atoms. The number of rotatable bonds is 2. The fourth-order valence-corrected chi connectivity index (χ4v) is 0.897. The molecule has 1 saturated carbocycles. The van der Waals surface area contributed by atoms with Crippen LogP contribution in [-0.2, 0) is 4.79 Å². The van der Waals surface area contributed by atoms with Crippen molar-refractivity contribution >= 4 is 13.6 Å². The van der Waals surface area contributed by atoms with Gasteiger partial charge in [0.25, 0.3) is 0 Å². The molecule has 1 aliphatic rings. The number of carbonyl (C=O) groups is 1. The second kappa shape index (κ2) is 5.51. The topological polar surface area (TPSA) is 17.1 Å². The summed E-state index contributed by atoms with van der Waals surface area (Å²) in [5, 5.41) is 0. The molecular weight excluding hydrogens is 123 g/mol. The summed E-state index contributed by atoms with van der Waals surface area (Å²) in [5.74, 6) is 0.580. The van der Waals surface area contributed by atoms with E-state index in [-0.39, 0.29) is 12.1 Å². The largest absolute Gasteiger partial charge is 0.300 e. The van der Waals surface area contributed by atoms with Crippen LogP contribution in [0.1, 0.15) is 33.1 Å². The molecule has 0 aromatic carbocycles. The van der Waals surface area contributed by atoms with Crippen LogP contribution in [-0.4, -0.2) is 13.6 Å². The van der Waals surface area contributed by atoms with Gasteiger partial charge >= 0.3 is 0 Å². The maximum atomic E-state index is 10.7. The molecule has 0 unspecified atom stereocenters. The lowest BCUT2D eigenvalue weighted by atomic mass is 9.78. The Morgan fingerprint density at radius 2 is 2.00 bits per heavy atom. The lowest BCUT2D eigenvalue weighted by Crippen LogP contribution is -2.20. The smallest absolute Gasteiger partial charge is 0.127 e. The first-order valence-corrected chi connectivity index (χ1v) is 4.07. The summed E-state index contributed by atoms with van der Waals surface area (Å²) in [4.78, 5) is 10.7. The van der Waals surface area contributed by atoms with Gasteiger partial charge in [-0.15, -0.1) is 0 Å². The van der Waals surface area contributed by atoms with Crippen molar-refractivity contribution in [1.82, 2.24) is 0 Å². The molecule has 10 heavy (non-hydrogen) atoms. The number of hydrogen-bond donors (Lipinski definition) is 0. The minimum absolute atomic E-state index is 0.241. The fraction of sp³-hybridized carbons (Fsp3) is 0.875. The van der Waals surface area contributed by atoms with Crippen LogP contribution in [0.2, 0.25) is 6.32 Å². The quantitative estimate of drug-likeness (QED) is 0.533. The van der Waals surface area contributed by atoms with Crippen molar-refractivity contribution in [2.45, 2.75) is 39.4 Å². The number of carbonyl (C=O) groups excluding carboxylic acids is 1. The van der Waals surface area contributed by atoms with Crippen LogP contribution in [0.25, 0.3) is 0 Å². The fourth-order valence-electron chi connectivity index (χ4n) is 0.897. The molecule has 0 atom stereocenters. The molecule has 0 spiro atoms. The van der Waals surface area contributed by atoms with E-state index >= 15 is 0 Å². The SMILES string of the molecule is CC.[B]CC(=O)C1CCC1. The van der Waals surface area contributed by atoms with Crippen LogP contribution in [0.3, 0.4) is 0 Å². The first-order valence-electron chi connectivity index (χ1n) is 4.07. The van der Waals surface area contributed by atoms with Crippen LogP contribution in [0, 0.1) is 5.92 Å². The molecule has 0 aromatic rings. The Morgan fingerprint density at radius 1 is 1.50 bits per heavy atom. The van der Waals surface area contributed by atoms with Gasteiger partial charge in [-0.1, -0.05) is 20.3 Å². The highest BCUT2D eigenvalue weighted by molar-refractivity contribution is 6.20. The maximum Gasteiger partial charge on any atom is 0.127 e. The third-order valence-corrected chi connectivity index (χ3v) is 1.76. The van der Waals surface area contributed by atoms with E-state index in [9.17, 15) is 4.79 Å². The van der Waals surface area contributed by atoms with Crippen LogP contribution in [0.15, 0.2) is 0 Å². The van der Waals surface area contributed by atoms with E-state index < -0.39 is 0 Å². The van der Waals surface area contributed by atoms with E-state index in [2.05, 4.69) is 0 Å². The monoisotopic (exact) mass is 138 g/mol. The highest BCUT2D eigenvalue weighted by Crippen LogP contribution is 2.27. The molecule has 0 aromatic heterocycles. The van der Waals surface area contributed by atoms with Gasteiger partial charge in [-0.2, -0.15) is 0 Å². The second-order valence-corrected chi connectivity index (χ2v) is 2.30. The van der Waals surface area contributed by atoms with E-state index in [0.29, 0.717) is 5.92 Å². The molecule has 1 nitrogen and oxygen atoms in total. The van der Waals surface area contributed by atoms with Gasteiger partial charge in [-0.3, -0.25) is 0 Å². The van der Waals surface area contributed by atoms with Gasteiger partial charge < -0.3 is 4.79 Å². The Labute approximate surface area is 64.6 Å². The molecule has 0 N–H and O–H groups in total. The highest BCUT2D eigenvalue weighted by atomic mass is 16.1. The van der Waals surface area contributed by atoms with Gasteiger partial charge in [-0.05, 0) is 19.2 Å². The van der Waals surface area contributed by atoms with Crippen molar-refractivity contribution in [3.63, 3.8) is 0 Å². The summed E-state index contributed by atoms with van der Waals surface area (Å²) in [7, 11) is 5.13. The minimum atomic E-state index is 0.241. The minimum Gasteiger partial charge on any atom is -0.300 e. The Kier molecular flexibility index (Phi) is 5.37. The number of hydrogen-bond acceptors (Lipinski definition) is 1. The Balaban J connectivity index is 0.000000371. The summed E-state index contributed by atoms with van der Waals surface area (Å²) < 4.78 is 0. The zero-order valence-corrected chi connectivity index (χ0v) is 6.89. The lowest BCUT2D eigenvalue weighted by Gasteiger charge is -2.22. The molecule has 2 heteroatoms. The first-order chi connectivity index (χ1) is 4.84. The Bertz CT molecular complexity index is 97.4. The van der Waals surface area contributed by atoms with Crippen LogP contribution in [0.4, 0.5) is 0 Å². The maximum absolute atomic E-state index is 10.7. The van der Waals surface area contributed by atoms with Gasteiger partial charge in [0.2, 0.25) is 0 Å². The van der Waals surface area contributed by atoms with Gasteiger partial charge in [0, 0.05) is 5.92 Å². The van der Waals surface area contributed by atoms with Crippen molar-refractivity contribution in [1.29, 1.82) is 0 Å². The molecular formula is C8H15BO. The van der Waals surface area contributed by atoms with Crippen LogP contribution < -0.4 is 0 Å². The van der Waals surface area contributed by atoms with Crippen molar-refractivity contribution in [3.05, 3.63) is 0 Å². The zero-order valence-electron chi connectivity index (χ0n) is 6.89. The predicted octanol–water partition coefficient (Wildman–Crippen LogP) is 1.97. The third kappa shape index (κ3) is 2.55. The lowest BCUT2D eigenvalue weighted by molar-refractivity contribution is -0.122. The van der Waals surface area contributed by atoms with Crippen molar-refractivity contribution in [2.24, 2.45) is 5.92 Å². The average Bonchev–Trinajstić information content (AvgIpc) is 1.89. The molecule has 0 amide bonds. The summed E-state index contributed by atoms with van der Waals surface area (Å²) in [5.41, 5.74) is 0. The molecule has 1 fully saturated rings. The Hall–Kier alpha value is -0.265. The Morgan fingerprint density at radius 3 is 2.10 bits per heavy atom. The molecule has 1 aliphatic carbocycles. The molecule has 1 rings (SSSR count). The van der Waals surface area contributed by atoms with Crippen LogP contribution >= 0.6 is 0 Å². The van der Waals surface area contributed by atoms with E-state index in [1.165, 1.54) is 6.42 Å². The summed E-state index contributed by atoms with van der Waals surface area (Å²) >= 11 is 0. The van der Waals surface area contributed by atoms with Gasteiger partial charge in [0.15, 0.2) is 0 Å². The zero-order chi connectivity index (χ0) is 7.98. The van der Waals surface area contributed by atoms with Crippen LogP contribution in [0.5, 0.6) is 0 Å². The molecule has 0 saturated heterocycles. The average molecular weight is 138 g/mol. The molecule has 2 radical (unpaired) electrons. The molecule has 56 valence electrons. The van der Waals surface area contributed by atoms with E-state index in [4.69, 9.17) is 7.85 Å². The van der Waals surface area contributed by atoms with E-state index in [0.717, 1.165) is 12.8 Å². The molecule has 0 aliphatic heterocycles. The normalized spacial score (nSPS) is 16.6. The van der Waals surface area contributed by atoms with Crippen molar-refractivity contribution in [3.8, 4) is 0 Å². The second-order valence-electron chi connectivity index (χ2n) is 2.30. The first kappa shape index (κ1) is 9.73. The standard InChI is InChI=1S/C6H9BO.C2H6/c7-4-6(8)5-2-1-3-5;1-2/h5H,1-4H2;1-2H3. The van der Waals surface area contributed by atoms with Crippen molar-refractivity contribution in [2.75, 3.05) is 0 Å². The predicted molar refractivity (Wildman–Crippen MR) is 44.3 cm³/mol. The summed E-state index contributed by atoms with van der Waals surface area (Å²) in [6, 6.07) is 0. The number of ketones is 1. The number of Topliss-reactive ketones (excluding diaryl/α,β-unsaturated/α-hetero) is 1. The highest BCUT2D eigenvalue weighted by Gasteiger charge is 2.22. The van der Waals surface area contributed by atoms with Gasteiger partial charge in [0.05, 0.1) is 7.85 Å².